The first-order chi connectivity index (χ1) is 22.7. The predicted molar refractivity (Wildman–Crippen MR) is 180 cm³/mol. The molecule has 1 unspecified atom stereocenters. The zero-order valence-corrected chi connectivity index (χ0v) is 27.4. The smallest absolute Gasteiger partial charge is 0.408 e. The van der Waals surface area contributed by atoms with Gasteiger partial charge in [-0.2, -0.15) is 0 Å². The van der Waals surface area contributed by atoms with Crippen LogP contribution in [0, 0.1) is 0 Å². The van der Waals surface area contributed by atoms with Crippen LogP contribution in [0.15, 0.2) is 79.0 Å². The molecule has 0 radical (unpaired) electrons. The Morgan fingerprint density at radius 3 is 2.38 bits per heavy atom. The van der Waals surface area contributed by atoms with Crippen LogP contribution in [-0.2, 0) is 20.8 Å². The molecule has 1 aliphatic carbocycles. The largest absolute Gasteiger partial charge is 0.493 e. The fourth-order valence-electron chi connectivity index (χ4n) is 5.30. The van der Waals surface area contributed by atoms with Crippen molar-refractivity contribution in [3.8, 4) is 23.0 Å². The van der Waals surface area contributed by atoms with Crippen molar-refractivity contribution in [1.82, 2.24) is 10.3 Å². The number of esters is 1. The minimum Gasteiger partial charge on any atom is -0.493 e. The van der Waals surface area contributed by atoms with E-state index in [-0.39, 0.29) is 19.1 Å². The second-order valence-corrected chi connectivity index (χ2v) is 12.5. The number of pyridine rings is 1. The molecule has 1 aromatic heterocycles. The first kappa shape index (κ1) is 33.4. The second kappa shape index (κ2) is 15.5. The summed E-state index contributed by atoms with van der Waals surface area (Å²) >= 11 is 0. The van der Waals surface area contributed by atoms with Crippen molar-refractivity contribution in [2.24, 2.45) is 0 Å². The highest BCUT2D eigenvalue weighted by Gasteiger charge is 2.29. The molecule has 47 heavy (non-hydrogen) atoms. The minimum absolute atomic E-state index is 0.100. The highest BCUT2D eigenvalue weighted by atomic mass is 16.6. The minimum atomic E-state index is -0.935. The van der Waals surface area contributed by atoms with E-state index in [2.05, 4.69) is 27.8 Å². The van der Waals surface area contributed by atoms with E-state index in [4.69, 9.17) is 23.7 Å². The van der Waals surface area contributed by atoms with E-state index in [0.29, 0.717) is 28.5 Å². The Kier molecular flexibility index (Phi) is 11.0. The normalized spacial score (nSPS) is 13.9. The molecule has 10 heteroatoms. The summed E-state index contributed by atoms with van der Waals surface area (Å²) in [6.07, 6.45) is 4.70. The highest BCUT2D eigenvalue weighted by Crippen LogP contribution is 2.37. The van der Waals surface area contributed by atoms with E-state index in [1.807, 2.05) is 48.5 Å². The van der Waals surface area contributed by atoms with Crippen LogP contribution in [0.25, 0.3) is 10.9 Å². The van der Waals surface area contributed by atoms with Gasteiger partial charge in [0.2, 0.25) is 0 Å². The Labute approximate surface area is 275 Å². The molecule has 4 aromatic rings. The lowest BCUT2D eigenvalue weighted by Gasteiger charge is -2.24. The van der Waals surface area contributed by atoms with Gasteiger partial charge in [-0.05, 0) is 88.4 Å². The summed E-state index contributed by atoms with van der Waals surface area (Å²) in [5.41, 5.74) is 2.12. The van der Waals surface area contributed by atoms with Gasteiger partial charge in [0.1, 0.15) is 29.2 Å². The number of methoxy groups -OCH3 is 1. The van der Waals surface area contributed by atoms with Crippen LogP contribution in [0.1, 0.15) is 58.4 Å². The molecule has 248 valence electrons. The standard InChI is InChI=1S/C37H43N3O7/c1-37(2,3)47-36(42)40-30(35(41)46-27-12-8-9-13-27)19-21-44-34-23-31-29(22-33(34)43-4)32(18-20-38-31)45-28-16-14-26(15-17-28)39-24-25-10-6-5-7-11-25/h5-7,10-11,14-18,20,22-23,27,30,39H,8-9,12-13,19,21,24H2,1-4H3,(H,40,42). The number of nitrogens with zero attached hydrogens (tertiary/aromatic N) is 1. The van der Waals surface area contributed by atoms with Crippen molar-refractivity contribution in [2.45, 2.75) is 77.2 Å². The number of carbonyl (C=O) groups excluding carboxylic acids is 2. The number of hydrogen-bond donors (Lipinski definition) is 2. The van der Waals surface area contributed by atoms with Gasteiger partial charge in [-0.15, -0.1) is 0 Å². The molecule has 0 saturated heterocycles. The van der Waals surface area contributed by atoms with Gasteiger partial charge in [0, 0.05) is 36.3 Å². The molecule has 2 N–H and O–H groups in total. The molecule has 0 aliphatic heterocycles. The number of carbonyl (C=O) groups is 2. The second-order valence-electron chi connectivity index (χ2n) is 12.5. The number of hydrogen-bond acceptors (Lipinski definition) is 9. The molecular weight excluding hydrogens is 598 g/mol. The Morgan fingerprint density at radius 2 is 1.68 bits per heavy atom. The number of rotatable bonds is 13. The topological polar surface area (TPSA) is 117 Å². The Bertz CT molecular complexity index is 1630. The van der Waals surface area contributed by atoms with Gasteiger partial charge in [0.25, 0.3) is 0 Å². The third kappa shape index (κ3) is 9.75. The van der Waals surface area contributed by atoms with Crippen LogP contribution in [0.3, 0.4) is 0 Å². The van der Waals surface area contributed by atoms with Crippen LogP contribution in [-0.4, -0.2) is 48.5 Å². The maximum Gasteiger partial charge on any atom is 0.408 e. The number of aromatic nitrogens is 1. The predicted octanol–water partition coefficient (Wildman–Crippen LogP) is 7.80. The maximum absolute atomic E-state index is 13.0. The van der Waals surface area contributed by atoms with E-state index in [9.17, 15) is 9.59 Å². The zero-order valence-electron chi connectivity index (χ0n) is 27.4. The number of ether oxygens (including phenoxy) is 5. The average molecular weight is 642 g/mol. The SMILES string of the molecule is COc1cc2c(Oc3ccc(NCc4ccccc4)cc3)ccnc2cc1OCCC(NC(=O)OC(C)(C)C)C(=O)OC1CCCC1. The van der Waals surface area contributed by atoms with Gasteiger partial charge >= 0.3 is 12.1 Å². The molecule has 1 atom stereocenters. The molecular formula is C37H43N3O7. The van der Waals surface area contributed by atoms with E-state index >= 15 is 0 Å². The summed E-state index contributed by atoms with van der Waals surface area (Å²) < 4.78 is 29.1. The first-order valence-electron chi connectivity index (χ1n) is 16.0. The van der Waals surface area contributed by atoms with Crippen molar-refractivity contribution >= 4 is 28.7 Å². The summed E-state index contributed by atoms with van der Waals surface area (Å²) in [6.45, 7) is 6.12. The number of amides is 1. The average Bonchev–Trinajstić information content (AvgIpc) is 3.56. The third-order valence-electron chi connectivity index (χ3n) is 7.63. The Morgan fingerprint density at radius 1 is 0.936 bits per heavy atom. The van der Waals surface area contributed by atoms with Crippen molar-refractivity contribution in [2.75, 3.05) is 19.0 Å². The Balaban J connectivity index is 1.24. The van der Waals surface area contributed by atoms with Crippen LogP contribution < -0.4 is 24.8 Å². The van der Waals surface area contributed by atoms with Crippen LogP contribution >= 0.6 is 0 Å². The lowest BCUT2D eigenvalue weighted by atomic mass is 10.1. The highest BCUT2D eigenvalue weighted by molar-refractivity contribution is 5.88. The summed E-state index contributed by atoms with van der Waals surface area (Å²) in [5, 5.41) is 6.82. The van der Waals surface area contributed by atoms with Crippen LogP contribution in [0.2, 0.25) is 0 Å². The lowest BCUT2D eigenvalue weighted by molar-refractivity contribution is -0.151. The third-order valence-corrected chi connectivity index (χ3v) is 7.63. The molecule has 0 bridgehead atoms. The molecule has 1 saturated carbocycles. The number of alkyl carbamates (subject to hydrolysis) is 1. The van der Waals surface area contributed by atoms with Crippen LogP contribution in [0.4, 0.5) is 10.5 Å². The van der Waals surface area contributed by atoms with Crippen molar-refractivity contribution < 1.29 is 33.3 Å². The fraction of sp³-hybridized carbons (Fsp3) is 0.378. The fourth-order valence-corrected chi connectivity index (χ4v) is 5.30. The molecule has 5 rings (SSSR count). The molecule has 3 aromatic carbocycles. The van der Waals surface area contributed by atoms with Gasteiger partial charge in [-0.25, -0.2) is 9.59 Å². The molecule has 1 amide bonds. The summed E-state index contributed by atoms with van der Waals surface area (Å²) in [4.78, 5) is 30.1. The maximum atomic E-state index is 13.0. The lowest BCUT2D eigenvalue weighted by Crippen LogP contribution is -2.45. The summed E-state index contributed by atoms with van der Waals surface area (Å²) in [5.74, 6) is 1.70. The van der Waals surface area contributed by atoms with E-state index in [0.717, 1.165) is 43.3 Å². The van der Waals surface area contributed by atoms with Crippen molar-refractivity contribution in [3.63, 3.8) is 0 Å². The number of benzene rings is 3. The zero-order chi connectivity index (χ0) is 33.2. The van der Waals surface area contributed by atoms with Gasteiger partial charge in [0.15, 0.2) is 11.5 Å². The van der Waals surface area contributed by atoms with Gasteiger partial charge < -0.3 is 34.3 Å². The molecule has 1 fully saturated rings. The molecule has 10 nitrogen and oxygen atoms in total. The molecule has 1 aliphatic rings. The van der Waals surface area contributed by atoms with E-state index in [1.165, 1.54) is 5.56 Å². The van der Waals surface area contributed by atoms with Crippen molar-refractivity contribution in [3.05, 3.63) is 84.6 Å². The number of anilines is 1. The summed E-state index contributed by atoms with van der Waals surface area (Å²) in [6, 6.07) is 22.4. The Hall–Kier alpha value is -4.99. The monoisotopic (exact) mass is 641 g/mol. The molecule has 1 heterocycles. The quantitative estimate of drug-likeness (QED) is 0.141. The van der Waals surface area contributed by atoms with Gasteiger partial charge in [0.05, 0.1) is 19.2 Å². The van der Waals surface area contributed by atoms with Gasteiger partial charge in [-0.1, -0.05) is 30.3 Å². The van der Waals surface area contributed by atoms with E-state index < -0.39 is 23.7 Å². The summed E-state index contributed by atoms with van der Waals surface area (Å²) in [7, 11) is 1.55. The number of fused-ring (bicyclic) bond motifs is 1. The molecule has 0 spiro atoms. The van der Waals surface area contributed by atoms with Crippen molar-refractivity contribution in [1.29, 1.82) is 0 Å². The first-order valence-corrected chi connectivity index (χ1v) is 16.0. The van der Waals surface area contributed by atoms with E-state index in [1.54, 1.807) is 46.2 Å². The number of nitrogens with one attached hydrogen (secondary N) is 2. The van der Waals surface area contributed by atoms with Crippen LogP contribution in [0.5, 0.6) is 23.0 Å². The van der Waals surface area contributed by atoms with Gasteiger partial charge in [-0.3, -0.25) is 4.98 Å².